The summed E-state index contributed by atoms with van der Waals surface area (Å²) in [5, 5.41) is 2.85. The first kappa shape index (κ1) is 14.8. The van der Waals surface area contributed by atoms with Crippen molar-refractivity contribution in [3.63, 3.8) is 0 Å². The molecule has 0 aliphatic heterocycles. The number of carbonyl (C=O) groups excluding carboxylic acids is 1. The predicted molar refractivity (Wildman–Crippen MR) is 82.1 cm³/mol. The summed E-state index contributed by atoms with van der Waals surface area (Å²) in [4.78, 5) is 24.0. The molecule has 5 heteroatoms. The minimum absolute atomic E-state index is 0.227. The number of nitrogens with one attached hydrogen (secondary N) is 1. The van der Waals surface area contributed by atoms with E-state index in [-0.39, 0.29) is 17.2 Å². The monoisotopic (exact) mass is 286 g/mol. The maximum absolute atomic E-state index is 12.4. The van der Waals surface area contributed by atoms with Gasteiger partial charge < -0.3 is 14.6 Å². The highest BCUT2D eigenvalue weighted by molar-refractivity contribution is 6.06. The van der Waals surface area contributed by atoms with Crippen molar-refractivity contribution in [3.05, 3.63) is 57.5 Å². The summed E-state index contributed by atoms with van der Waals surface area (Å²) in [5.74, 6) is -0.0444. The molecule has 5 nitrogen and oxygen atoms in total. The van der Waals surface area contributed by atoms with Crippen LogP contribution in [0.25, 0.3) is 0 Å². The Bertz CT molecular complexity index is 748. The topological polar surface area (TPSA) is 60.3 Å². The van der Waals surface area contributed by atoms with Gasteiger partial charge in [-0.15, -0.1) is 0 Å². The fraction of sp³-hybridized carbons (Fsp3) is 0.250. The van der Waals surface area contributed by atoms with E-state index in [0.717, 1.165) is 16.8 Å². The summed E-state index contributed by atoms with van der Waals surface area (Å²) < 4.78 is 6.47. The van der Waals surface area contributed by atoms with E-state index in [4.69, 9.17) is 4.74 Å². The van der Waals surface area contributed by atoms with E-state index < -0.39 is 0 Å². The van der Waals surface area contributed by atoms with E-state index in [1.807, 2.05) is 32.0 Å². The molecule has 1 aromatic carbocycles. The molecule has 1 heterocycles. The van der Waals surface area contributed by atoms with Crippen molar-refractivity contribution in [3.8, 4) is 5.75 Å². The van der Waals surface area contributed by atoms with Gasteiger partial charge in [-0.2, -0.15) is 0 Å². The third-order valence-corrected chi connectivity index (χ3v) is 3.51. The van der Waals surface area contributed by atoms with Crippen molar-refractivity contribution < 1.29 is 9.53 Å². The summed E-state index contributed by atoms with van der Waals surface area (Å²) in [5.41, 5.74) is 2.95. The van der Waals surface area contributed by atoms with Crippen LogP contribution in [0.3, 0.4) is 0 Å². The second kappa shape index (κ2) is 5.83. The van der Waals surface area contributed by atoms with Crippen LogP contribution in [0.5, 0.6) is 5.75 Å². The third-order valence-electron chi connectivity index (χ3n) is 3.51. The fourth-order valence-corrected chi connectivity index (χ4v) is 2.03. The number of rotatable bonds is 3. The molecular weight excluding hydrogens is 268 g/mol. The molecule has 1 aromatic heterocycles. The Morgan fingerprint density at radius 3 is 2.67 bits per heavy atom. The molecule has 0 saturated carbocycles. The lowest BCUT2D eigenvalue weighted by atomic mass is 10.1. The standard InChI is InChI=1S/C16H18N2O3/c1-10-6-5-7-13(11(10)2)17-16(20)12-9-18(3)15(19)8-14(12)21-4/h5-9H,1-4H3,(H,17,20). The molecule has 0 fully saturated rings. The van der Waals surface area contributed by atoms with E-state index in [2.05, 4.69) is 5.32 Å². The van der Waals surface area contributed by atoms with Crippen LogP contribution < -0.4 is 15.6 Å². The zero-order valence-electron chi connectivity index (χ0n) is 12.6. The Labute approximate surface area is 123 Å². The maximum Gasteiger partial charge on any atom is 0.260 e. The second-order valence-corrected chi connectivity index (χ2v) is 4.91. The summed E-state index contributed by atoms with van der Waals surface area (Å²) >= 11 is 0. The van der Waals surface area contributed by atoms with Crippen molar-refractivity contribution in [2.45, 2.75) is 13.8 Å². The molecule has 110 valence electrons. The van der Waals surface area contributed by atoms with Crippen LogP contribution >= 0.6 is 0 Å². The predicted octanol–water partition coefficient (Wildman–Crippen LogP) is 2.26. The number of pyridine rings is 1. The molecule has 2 aromatic rings. The molecule has 0 bridgehead atoms. The second-order valence-electron chi connectivity index (χ2n) is 4.91. The Kier molecular flexibility index (Phi) is 4.12. The van der Waals surface area contributed by atoms with E-state index in [1.54, 1.807) is 7.05 Å². The molecule has 0 saturated heterocycles. The normalized spacial score (nSPS) is 10.3. The average molecular weight is 286 g/mol. The molecule has 0 aliphatic rings. The van der Waals surface area contributed by atoms with Gasteiger partial charge >= 0.3 is 0 Å². The van der Waals surface area contributed by atoms with Gasteiger partial charge in [-0.05, 0) is 31.0 Å². The minimum Gasteiger partial charge on any atom is -0.496 e. The lowest BCUT2D eigenvalue weighted by Crippen LogP contribution is -2.21. The van der Waals surface area contributed by atoms with Gasteiger partial charge in [-0.25, -0.2) is 0 Å². The van der Waals surface area contributed by atoms with Gasteiger partial charge in [0.25, 0.3) is 11.5 Å². The zero-order valence-corrected chi connectivity index (χ0v) is 12.6. The number of aromatic nitrogens is 1. The van der Waals surface area contributed by atoms with Gasteiger partial charge in [-0.3, -0.25) is 9.59 Å². The molecular formula is C16H18N2O3. The first-order chi connectivity index (χ1) is 9.93. The van der Waals surface area contributed by atoms with Crippen molar-refractivity contribution in [1.29, 1.82) is 0 Å². The van der Waals surface area contributed by atoms with Crippen molar-refractivity contribution in [2.75, 3.05) is 12.4 Å². The first-order valence-electron chi connectivity index (χ1n) is 6.56. The number of hydrogen-bond acceptors (Lipinski definition) is 3. The van der Waals surface area contributed by atoms with E-state index in [1.165, 1.54) is 23.9 Å². The SMILES string of the molecule is COc1cc(=O)n(C)cc1C(=O)Nc1cccc(C)c1C. The van der Waals surface area contributed by atoms with Gasteiger partial charge in [0.15, 0.2) is 0 Å². The highest BCUT2D eigenvalue weighted by Gasteiger charge is 2.15. The van der Waals surface area contributed by atoms with Gasteiger partial charge in [0.2, 0.25) is 0 Å². The number of nitrogens with zero attached hydrogens (tertiary/aromatic N) is 1. The lowest BCUT2D eigenvalue weighted by molar-refractivity contribution is 0.102. The highest BCUT2D eigenvalue weighted by Crippen LogP contribution is 2.21. The molecule has 0 spiro atoms. The molecule has 1 amide bonds. The fourth-order valence-electron chi connectivity index (χ4n) is 2.03. The Morgan fingerprint density at radius 1 is 1.29 bits per heavy atom. The van der Waals surface area contributed by atoms with E-state index in [9.17, 15) is 9.59 Å². The Hall–Kier alpha value is -2.56. The summed E-state index contributed by atoms with van der Waals surface area (Å²) in [7, 11) is 3.03. The molecule has 2 rings (SSSR count). The van der Waals surface area contributed by atoms with Crippen LogP contribution in [-0.4, -0.2) is 17.6 Å². The molecule has 0 aliphatic carbocycles. The van der Waals surface area contributed by atoms with Crippen LogP contribution in [0.2, 0.25) is 0 Å². The number of carbonyl (C=O) groups is 1. The number of amides is 1. The van der Waals surface area contributed by atoms with Crippen LogP contribution in [0.4, 0.5) is 5.69 Å². The molecule has 21 heavy (non-hydrogen) atoms. The van der Waals surface area contributed by atoms with Crippen molar-refractivity contribution in [1.82, 2.24) is 4.57 Å². The van der Waals surface area contributed by atoms with Crippen molar-refractivity contribution >= 4 is 11.6 Å². The number of aryl methyl sites for hydroxylation is 2. The number of anilines is 1. The number of benzene rings is 1. The number of ether oxygens (including phenoxy) is 1. The van der Waals surface area contributed by atoms with E-state index >= 15 is 0 Å². The Morgan fingerprint density at radius 2 is 2.00 bits per heavy atom. The molecule has 1 N–H and O–H groups in total. The van der Waals surface area contributed by atoms with Crippen LogP contribution in [0.15, 0.2) is 35.3 Å². The van der Waals surface area contributed by atoms with Gasteiger partial charge in [0, 0.05) is 25.0 Å². The van der Waals surface area contributed by atoms with Crippen molar-refractivity contribution in [2.24, 2.45) is 7.05 Å². The summed E-state index contributed by atoms with van der Waals surface area (Å²) in [6.07, 6.45) is 1.47. The van der Waals surface area contributed by atoms with Crippen LogP contribution in [-0.2, 0) is 7.05 Å². The average Bonchev–Trinajstić information content (AvgIpc) is 2.46. The van der Waals surface area contributed by atoms with Gasteiger partial charge in [0.1, 0.15) is 5.75 Å². The molecule has 0 unspecified atom stereocenters. The minimum atomic E-state index is -0.309. The number of methoxy groups -OCH3 is 1. The molecule has 0 atom stereocenters. The van der Waals surface area contributed by atoms with Crippen LogP contribution in [0.1, 0.15) is 21.5 Å². The lowest BCUT2D eigenvalue weighted by Gasteiger charge is -2.13. The Balaban J connectivity index is 2.39. The maximum atomic E-state index is 12.4. The smallest absolute Gasteiger partial charge is 0.260 e. The number of hydrogen-bond donors (Lipinski definition) is 1. The van der Waals surface area contributed by atoms with Crippen LogP contribution in [0, 0.1) is 13.8 Å². The summed E-state index contributed by atoms with van der Waals surface area (Å²) in [6, 6.07) is 7.01. The first-order valence-corrected chi connectivity index (χ1v) is 6.56. The third kappa shape index (κ3) is 2.97. The molecule has 0 radical (unpaired) electrons. The highest BCUT2D eigenvalue weighted by atomic mass is 16.5. The zero-order chi connectivity index (χ0) is 15.6. The summed E-state index contributed by atoms with van der Waals surface area (Å²) in [6.45, 7) is 3.93. The van der Waals surface area contributed by atoms with Gasteiger partial charge in [-0.1, -0.05) is 12.1 Å². The van der Waals surface area contributed by atoms with Gasteiger partial charge in [0.05, 0.1) is 12.7 Å². The largest absolute Gasteiger partial charge is 0.496 e. The van der Waals surface area contributed by atoms with E-state index in [0.29, 0.717) is 5.56 Å². The quantitative estimate of drug-likeness (QED) is 0.941.